The topological polar surface area (TPSA) is 63.0 Å². The molecule has 120 valence electrons. The van der Waals surface area contributed by atoms with Crippen molar-refractivity contribution in [2.24, 2.45) is 0 Å². The molecule has 5 heteroatoms. The minimum Gasteiger partial charge on any atom is -0.395 e. The van der Waals surface area contributed by atoms with Crippen LogP contribution in [0.15, 0.2) is 60.8 Å². The smallest absolute Gasteiger partial charge is 0.204 e. The maximum atomic E-state index is 9.11. The minimum absolute atomic E-state index is 0.0685. The zero-order chi connectivity index (χ0) is 16.4. The third kappa shape index (κ3) is 2.59. The monoisotopic (exact) mass is 318 g/mol. The standard InChI is InChI=1S/C19H18N4O/c24-12-11-21-19-22-16-8-1-2-9-17(16)23(19)13-15-6-3-5-14-7-4-10-20-18(14)15/h1-10,24H,11-13H2,(H,21,22). The van der Waals surface area contributed by atoms with Crippen molar-refractivity contribution in [3.8, 4) is 0 Å². The summed E-state index contributed by atoms with van der Waals surface area (Å²) in [4.78, 5) is 9.19. The maximum Gasteiger partial charge on any atom is 0.204 e. The van der Waals surface area contributed by atoms with Crippen LogP contribution in [0.25, 0.3) is 21.9 Å². The van der Waals surface area contributed by atoms with Gasteiger partial charge in [-0.3, -0.25) is 4.98 Å². The van der Waals surface area contributed by atoms with Crippen LogP contribution in [-0.2, 0) is 6.54 Å². The molecule has 0 spiro atoms. The molecule has 2 aromatic carbocycles. The van der Waals surface area contributed by atoms with E-state index in [4.69, 9.17) is 5.11 Å². The Labute approximate surface area is 139 Å². The number of pyridine rings is 1. The lowest BCUT2D eigenvalue weighted by atomic mass is 10.1. The van der Waals surface area contributed by atoms with E-state index in [0.717, 1.165) is 33.4 Å². The molecule has 0 amide bonds. The number of benzene rings is 2. The van der Waals surface area contributed by atoms with Crippen LogP contribution < -0.4 is 5.32 Å². The van der Waals surface area contributed by atoms with E-state index in [-0.39, 0.29) is 6.61 Å². The Bertz CT molecular complexity index is 988. The number of rotatable bonds is 5. The van der Waals surface area contributed by atoms with Crippen LogP contribution in [0.5, 0.6) is 0 Å². The van der Waals surface area contributed by atoms with Gasteiger partial charge in [0.25, 0.3) is 0 Å². The van der Waals surface area contributed by atoms with Gasteiger partial charge in [-0.1, -0.05) is 36.4 Å². The largest absolute Gasteiger partial charge is 0.395 e. The number of nitrogens with zero attached hydrogens (tertiary/aromatic N) is 3. The van der Waals surface area contributed by atoms with E-state index < -0.39 is 0 Å². The molecular weight excluding hydrogens is 300 g/mol. The quantitative estimate of drug-likeness (QED) is 0.594. The molecule has 5 nitrogen and oxygen atoms in total. The first kappa shape index (κ1) is 14.7. The summed E-state index contributed by atoms with van der Waals surface area (Å²) < 4.78 is 2.13. The average molecular weight is 318 g/mol. The summed E-state index contributed by atoms with van der Waals surface area (Å²) in [5.74, 6) is 0.762. The van der Waals surface area contributed by atoms with Crippen LogP contribution in [0.3, 0.4) is 0 Å². The van der Waals surface area contributed by atoms with Gasteiger partial charge in [0.15, 0.2) is 0 Å². The van der Waals surface area contributed by atoms with Crippen LogP contribution in [0.4, 0.5) is 5.95 Å². The van der Waals surface area contributed by atoms with E-state index in [0.29, 0.717) is 13.1 Å². The molecular formula is C19H18N4O. The molecule has 0 radical (unpaired) electrons. The third-order valence-corrected chi connectivity index (χ3v) is 4.09. The zero-order valence-electron chi connectivity index (χ0n) is 13.2. The molecule has 0 aliphatic carbocycles. The first-order valence-electron chi connectivity index (χ1n) is 7.99. The van der Waals surface area contributed by atoms with Crippen LogP contribution >= 0.6 is 0 Å². The fourth-order valence-corrected chi connectivity index (χ4v) is 3.00. The number of nitrogens with one attached hydrogen (secondary N) is 1. The lowest BCUT2D eigenvalue weighted by Crippen LogP contribution is -2.12. The highest BCUT2D eigenvalue weighted by atomic mass is 16.3. The van der Waals surface area contributed by atoms with Crippen molar-refractivity contribution in [2.75, 3.05) is 18.5 Å². The van der Waals surface area contributed by atoms with Gasteiger partial charge < -0.3 is 15.0 Å². The van der Waals surface area contributed by atoms with Gasteiger partial charge in [-0.05, 0) is 23.8 Å². The van der Waals surface area contributed by atoms with E-state index in [2.05, 4.69) is 50.2 Å². The van der Waals surface area contributed by atoms with Crippen molar-refractivity contribution in [1.82, 2.24) is 14.5 Å². The average Bonchev–Trinajstić information content (AvgIpc) is 2.98. The third-order valence-electron chi connectivity index (χ3n) is 4.09. The van der Waals surface area contributed by atoms with E-state index in [9.17, 15) is 0 Å². The van der Waals surface area contributed by atoms with E-state index >= 15 is 0 Å². The summed E-state index contributed by atoms with van der Waals surface area (Å²) in [6.07, 6.45) is 1.82. The Morgan fingerprint density at radius 2 is 1.88 bits per heavy atom. The summed E-state index contributed by atoms with van der Waals surface area (Å²) >= 11 is 0. The molecule has 0 saturated heterocycles. The SMILES string of the molecule is OCCNc1nc2ccccc2n1Cc1cccc2cccnc12. The first-order valence-corrected chi connectivity index (χ1v) is 7.99. The Kier molecular flexibility index (Phi) is 3.84. The molecule has 2 heterocycles. The summed E-state index contributed by atoms with van der Waals surface area (Å²) in [5.41, 5.74) is 4.14. The molecule has 4 aromatic rings. The summed E-state index contributed by atoms with van der Waals surface area (Å²) in [7, 11) is 0. The molecule has 0 unspecified atom stereocenters. The second-order valence-corrected chi connectivity index (χ2v) is 5.65. The molecule has 0 atom stereocenters. The molecule has 0 aliphatic heterocycles. The summed E-state index contributed by atoms with van der Waals surface area (Å²) in [6, 6.07) is 18.3. The van der Waals surface area contributed by atoms with Gasteiger partial charge in [0, 0.05) is 18.1 Å². The van der Waals surface area contributed by atoms with Gasteiger partial charge in [0.05, 0.1) is 29.7 Å². The van der Waals surface area contributed by atoms with Crippen molar-refractivity contribution >= 4 is 27.9 Å². The molecule has 2 N–H and O–H groups in total. The van der Waals surface area contributed by atoms with Crippen LogP contribution in [0, 0.1) is 0 Å². The van der Waals surface area contributed by atoms with E-state index in [1.807, 2.05) is 30.5 Å². The number of fused-ring (bicyclic) bond motifs is 2. The maximum absolute atomic E-state index is 9.11. The highest BCUT2D eigenvalue weighted by Gasteiger charge is 2.12. The lowest BCUT2D eigenvalue weighted by molar-refractivity contribution is 0.310. The Hall–Kier alpha value is -2.92. The number of aromatic nitrogens is 3. The molecule has 0 aliphatic rings. The van der Waals surface area contributed by atoms with Gasteiger partial charge in [-0.2, -0.15) is 0 Å². The number of para-hydroxylation sites is 3. The highest BCUT2D eigenvalue weighted by Crippen LogP contribution is 2.23. The van der Waals surface area contributed by atoms with Gasteiger partial charge in [0.1, 0.15) is 0 Å². The van der Waals surface area contributed by atoms with Crippen molar-refractivity contribution in [3.05, 3.63) is 66.4 Å². The molecule has 0 bridgehead atoms. The van der Waals surface area contributed by atoms with Crippen LogP contribution in [-0.4, -0.2) is 32.8 Å². The summed E-state index contributed by atoms with van der Waals surface area (Å²) in [6.45, 7) is 1.21. The van der Waals surface area contributed by atoms with Crippen molar-refractivity contribution < 1.29 is 5.11 Å². The van der Waals surface area contributed by atoms with Gasteiger partial charge >= 0.3 is 0 Å². The minimum atomic E-state index is 0.0685. The lowest BCUT2D eigenvalue weighted by Gasteiger charge is -2.12. The van der Waals surface area contributed by atoms with Gasteiger partial charge in [-0.25, -0.2) is 4.98 Å². The van der Waals surface area contributed by atoms with Crippen LogP contribution in [0.1, 0.15) is 5.56 Å². The first-order chi connectivity index (χ1) is 11.9. The van der Waals surface area contributed by atoms with Crippen LogP contribution in [0.2, 0.25) is 0 Å². The van der Waals surface area contributed by atoms with Crippen molar-refractivity contribution in [2.45, 2.75) is 6.54 Å². The van der Waals surface area contributed by atoms with Crippen molar-refractivity contribution in [1.29, 1.82) is 0 Å². The Balaban J connectivity index is 1.83. The fourth-order valence-electron chi connectivity index (χ4n) is 3.00. The number of aliphatic hydroxyl groups is 1. The highest BCUT2D eigenvalue weighted by molar-refractivity contribution is 5.83. The van der Waals surface area contributed by atoms with Crippen molar-refractivity contribution in [3.63, 3.8) is 0 Å². The number of anilines is 1. The second kappa shape index (κ2) is 6.29. The molecule has 24 heavy (non-hydrogen) atoms. The fraction of sp³-hybridized carbons (Fsp3) is 0.158. The molecule has 2 aromatic heterocycles. The molecule has 4 rings (SSSR count). The number of aliphatic hydroxyl groups excluding tert-OH is 1. The number of hydrogen-bond acceptors (Lipinski definition) is 4. The number of hydrogen-bond donors (Lipinski definition) is 2. The zero-order valence-corrected chi connectivity index (χ0v) is 13.2. The predicted molar refractivity (Wildman–Crippen MR) is 96.2 cm³/mol. The molecule has 0 saturated carbocycles. The Morgan fingerprint density at radius 1 is 1.00 bits per heavy atom. The van der Waals surface area contributed by atoms with Gasteiger partial charge in [-0.15, -0.1) is 0 Å². The second-order valence-electron chi connectivity index (χ2n) is 5.65. The summed E-state index contributed by atoms with van der Waals surface area (Å²) in [5, 5.41) is 13.4. The van der Waals surface area contributed by atoms with E-state index in [1.165, 1.54) is 0 Å². The normalized spacial score (nSPS) is 11.2. The predicted octanol–water partition coefficient (Wildman–Crippen LogP) is 3.04. The number of imidazole rings is 1. The Morgan fingerprint density at radius 3 is 2.79 bits per heavy atom. The van der Waals surface area contributed by atoms with E-state index in [1.54, 1.807) is 0 Å². The van der Waals surface area contributed by atoms with Gasteiger partial charge in [0.2, 0.25) is 5.95 Å². The molecule has 0 fully saturated rings.